The number of ether oxygens (including phenoxy) is 1. The number of allylic oxidation sites excluding steroid dienone is 3. The van der Waals surface area contributed by atoms with Gasteiger partial charge >= 0.3 is 0 Å². The Morgan fingerprint density at radius 3 is 2.13 bits per heavy atom. The fraction of sp³-hybridized carbons (Fsp3) is 0.448. The molecule has 1 nitrogen and oxygen atoms in total. The van der Waals surface area contributed by atoms with Crippen LogP contribution in [0.5, 0.6) is 0 Å². The number of rotatable bonds is 10. The van der Waals surface area contributed by atoms with Crippen LogP contribution in [0.1, 0.15) is 75.8 Å². The molecule has 0 unspecified atom stereocenters. The van der Waals surface area contributed by atoms with Crippen LogP contribution in [0, 0.1) is 5.92 Å². The van der Waals surface area contributed by atoms with Gasteiger partial charge in [0.2, 0.25) is 0 Å². The first-order chi connectivity index (χ1) is 14.8. The molecule has 0 spiro atoms. The van der Waals surface area contributed by atoms with Crippen LogP contribution >= 0.6 is 0 Å². The molecule has 0 amide bonds. The van der Waals surface area contributed by atoms with Gasteiger partial charge in [-0.2, -0.15) is 0 Å². The van der Waals surface area contributed by atoms with Crippen LogP contribution in [0.3, 0.4) is 0 Å². The maximum atomic E-state index is 5.73. The first kappa shape index (κ1) is 22.6. The summed E-state index contributed by atoms with van der Waals surface area (Å²) in [5, 5.41) is 0. The molecule has 2 aromatic rings. The molecule has 0 aliphatic heterocycles. The number of hydrogen-bond acceptors (Lipinski definition) is 1. The largest absolute Gasteiger partial charge is 0.376 e. The standard InChI is InChI=1S/C29H38O/c1-3-5-7-9-24-10-14-26(15-11-24)28-18-20-29(21-19-28)27-16-12-25(13-17-27)23-30-22-8-6-4-2/h4-7,12-13,16-21,24,26H,3,8-11,14-15,22-23H2,1-2H3/b6-4+,7-5+/t24-,26-. The van der Waals surface area contributed by atoms with E-state index >= 15 is 0 Å². The Bertz CT molecular complexity index is 774. The van der Waals surface area contributed by atoms with Gasteiger partial charge in [0, 0.05) is 0 Å². The van der Waals surface area contributed by atoms with Crippen LogP contribution in [0.4, 0.5) is 0 Å². The highest BCUT2D eigenvalue weighted by molar-refractivity contribution is 5.64. The van der Waals surface area contributed by atoms with Gasteiger partial charge in [0.15, 0.2) is 0 Å². The lowest BCUT2D eigenvalue weighted by Crippen LogP contribution is -2.12. The van der Waals surface area contributed by atoms with E-state index in [0.717, 1.165) is 31.3 Å². The lowest BCUT2D eigenvalue weighted by atomic mass is 9.77. The van der Waals surface area contributed by atoms with Gasteiger partial charge < -0.3 is 4.74 Å². The van der Waals surface area contributed by atoms with Crippen molar-refractivity contribution in [1.29, 1.82) is 0 Å². The molecular formula is C29H38O. The fourth-order valence-corrected chi connectivity index (χ4v) is 4.44. The van der Waals surface area contributed by atoms with Gasteiger partial charge in [-0.05, 0) is 86.0 Å². The SMILES string of the molecule is C/C=C/CCOCc1ccc(-c2ccc([C@H]3CC[C@H](C/C=C/CC)CC3)cc2)cc1. The minimum Gasteiger partial charge on any atom is -0.376 e. The molecular weight excluding hydrogens is 364 g/mol. The molecule has 0 aromatic heterocycles. The lowest BCUT2D eigenvalue weighted by molar-refractivity contribution is 0.125. The molecule has 1 heteroatoms. The van der Waals surface area contributed by atoms with Gasteiger partial charge in [-0.25, -0.2) is 0 Å². The second-order valence-electron chi connectivity index (χ2n) is 8.56. The van der Waals surface area contributed by atoms with Crippen molar-refractivity contribution < 1.29 is 4.74 Å². The summed E-state index contributed by atoms with van der Waals surface area (Å²) in [6.45, 7) is 5.73. The van der Waals surface area contributed by atoms with E-state index in [1.54, 1.807) is 0 Å². The van der Waals surface area contributed by atoms with Crippen LogP contribution in [-0.4, -0.2) is 6.61 Å². The third kappa shape index (κ3) is 6.99. The molecule has 1 aliphatic rings. The summed E-state index contributed by atoms with van der Waals surface area (Å²) in [6.07, 6.45) is 17.8. The second kappa shape index (κ2) is 12.5. The van der Waals surface area contributed by atoms with E-state index in [-0.39, 0.29) is 0 Å². The van der Waals surface area contributed by atoms with Crippen molar-refractivity contribution in [3.8, 4) is 11.1 Å². The summed E-state index contributed by atoms with van der Waals surface area (Å²) in [7, 11) is 0. The van der Waals surface area contributed by atoms with E-state index in [1.807, 2.05) is 6.92 Å². The third-order valence-electron chi connectivity index (χ3n) is 6.32. The van der Waals surface area contributed by atoms with E-state index in [0.29, 0.717) is 6.61 Å². The average molecular weight is 403 g/mol. The zero-order chi connectivity index (χ0) is 21.0. The molecule has 0 radical (unpaired) electrons. The third-order valence-corrected chi connectivity index (χ3v) is 6.32. The normalized spacial score (nSPS) is 19.7. The van der Waals surface area contributed by atoms with Gasteiger partial charge in [-0.15, -0.1) is 0 Å². The van der Waals surface area contributed by atoms with E-state index in [2.05, 4.69) is 79.8 Å². The molecule has 0 bridgehead atoms. The Balaban J connectivity index is 1.49. The molecule has 1 saturated carbocycles. The van der Waals surface area contributed by atoms with Crippen LogP contribution in [0.25, 0.3) is 11.1 Å². The highest BCUT2D eigenvalue weighted by Crippen LogP contribution is 2.37. The van der Waals surface area contributed by atoms with E-state index in [4.69, 9.17) is 4.74 Å². The van der Waals surface area contributed by atoms with E-state index < -0.39 is 0 Å². The molecule has 0 N–H and O–H groups in total. The molecule has 0 atom stereocenters. The molecule has 0 saturated heterocycles. The van der Waals surface area contributed by atoms with Crippen LogP contribution < -0.4 is 0 Å². The molecule has 1 fully saturated rings. The van der Waals surface area contributed by atoms with Gasteiger partial charge in [0.1, 0.15) is 0 Å². The maximum Gasteiger partial charge on any atom is 0.0717 e. The summed E-state index contributed by atoms with van der Waals surface area (Å²) in [6, 6.07) is 18.1. The Morgan fingerprint density at radius 1 is 0.833 bits per heavy atom. The van der Waals surface area contributed by atoms with Crippen molar-refractivity contribution in [2.75, 3.05) is 6.61 Å². The Labute approximate surface area is 183 Å². The average Bonchev–Trinajstić information content (AvgIpc) is 2.80. The minimum absolute atomic E-state index is 0.688. The molecule has 160 valence electrons. The smallest absolute Gasteiger partial charge is 0.0717 e. The van der Waals surface area contributed by atoms with Gasteiger partial charge in [-0.1, -0.05) is 79.8 Å². The summed E-state index contributed by atoms with van der Waals surface area (Å²) in [4.78, 5) is 0. The zero-order valence-corrected chi connectivity index (χ0v) is 18.9. The highest BCUT2D eigenvalue weighted by Gasteiger charge is 2.21. The highest BCUT2D eigenvalue weighted by atomic mass is 16.5. The van der Waals surface area contributed by atoms with Crippen LogP contribution in [0.2, 0.25) is 0 Å². The molecule has 30 heavy (non-hydrogen) atoms. The van der Waals surface area contributed by atoms with Crippen molar-refractivity contribution in [3.63, 3.8) is 0 Å². The predicted octanol–water partition coefficient (Wildman–Crippen LogP) is 8.47. The van der Waals surface area contributed by atoms with Crippen molar-refractivity contribution in [2.24, 2.45) is 5.92 Å². The minimum atomic E-state index is 0.688. The van der Waals surface area contributed by atoms with Crippen molar-refractivity contribution in [1.82, 2.24) is 0 Å². The molecule has 1 aliphatic carbocycles. The second-order valence-corrected chi connectivity index (χ2v) is 8.56. The van der Waals surface area contributed by atoms with E-state index in [9.17, 15) is 0 Å². The molecule has 3 rings (SSSR count). The maximum absolute atomic E-state index is 5.73. The fourth-order valence-electron chi connectivity index (χ4n) is 4.44. The van der Waals surface area contributed by atoms with Crippen molar-refractivity contribution in [2.45, 2.75) is 71.3 Å². The summed E-state index contributed by atoms with van der Waals surface area (Å²) < 4.78 is 5.73. The summed E-state index contributed by atoms with van der Waals surface area (Å²) >= 11 is 0. The van der Waals surface area contributed by atoms with Crippen molar-refractivity contribution in [3.05, 3.63) is 84.0 Å². The van der Waals surface area contributed by atoms with Crippen LogP contribution in [-0.2, 0) is 11.3 Å². The quantitative estimate of drug-likeness (QED) is 0.286. The van der Waals surface area contributed by atoms with Crippen molar-refractivity contribution >= 4 is 0 Å². The topological polar surface area (TPSA) is 9.23 Å². The Morgan fingerprint density at radius 2 is 1.50 bits per heavy atom. The van der Waals surface area contributed by atoms with Gasteiger partial charge in [0.05, 0.1) is 13.2 Å². The molecule has 2 aromatic carbocycles. The first-order valence-electron chi connectivity index (χ1n) is 11.8. The monoisotopic (exact) mass is 402 g/mol. The zero-order valence-electron chi connectivity index (χ0n) is 18.9. The summed E-state index contributed by atoms with van der Waals surface area (Å²) in [5.74, 6) is 1.64. The number of hydrogen-bond donors (Lipinski definition) is 0. The van der Waals surface area contributed by atoms with Gasteiger partial charge in [0.25, 0.3) is 0 Å². The predicted molar refractivity (Wildman–Crippen MR) is 130 cm³/mol. The van der Waals surface area contributed by atoms with Crippen LogP contribution in [0.15, 0.2) is 72.8 Å². The van der Waals surface area contributed by atoms with E-state index in [1.165, 1.54) is 54.4 Å². The van der Waals surface area contributed by atoms with Gasteiger partial charge in [-0.3, -0.25) is 0 Å². The lowest BCUT2D eigenvalue weighted by Gasteiger charge is -2.28. The summed E-state index contributed by atoms with van der Waals surface area (Å²) in [5.41, 5.74) is 5.34. The Kier molecular flexibility index (Phi) is 9.44. The Hall–Kier alpha value is -2.12. The number of benzene rings is 2. The molecule has 0 heterocycles. The first-order valence-corrected chi connectivity index (χ1v) is 11.8.